The predicted octanol–water partition coefficient (Wildman–Crippen LogP) is 4.85. The second-order valence-corrected chi connectivity index (χ2v) is 7.86. The van der Waals surface area contributed by atoms with Crippen LogP contribution >= 0.6 is 0 Å². The number of carbonyl (C=O) groups excluding carboxylic acids is 1. The third-order valence-electron chi connectivity index (χ3n) is 5.80. The van der Waals surface area contributed by atoms with Gasteiger partial charge in [0.1, 0.15) is 0 Å². The zero-order valence-corrected chi connectivity index (χ0v) is 17.2. The van der Waals surface area contributed by atoms with Crippen molar-refractivity contribution in [3.05, 3.63) is 83.2 Å². The molecular formula is C24H19F3N4O. The Kier molecular flexibility index (Phi) is 4.73. The number of fused-ring (bicyclic) bond motifs is 2. The van der Waals surface area contributed by atoms with Gasteiger partial charge < -0.3 is 4.90 Å². The Balaban J connectivity index is 1.44. The number of amides is 1. The van der Waals surface area contributed by atoms with Gasteiger partial charge in [0.15, 0.2) is 0 Å². The quantitative estimate of drug-likeness (QED) is 0.451. The van der Waals surface area contributed by atoms with Gasteiger partial charge in [0.05, 0.1) is 29.0 Å². The first-order valence-electron chi connectivity index (χ1n) is 10.2. The van der Waals surface area contributed by atoms with E-state index in [1.54, 1.807) is 35.0 Å². The second kappa shape index (κ2) is 7.47. The van der Waals surface area contributed by atoms with Crippen molar-refractivity contribution in [2.45, 2.75) is 19.1 Å². The van der Waals surface area contributed by atoms with E-state index in [4.69, 9.17) is 0 Å². The summed E-state index contributed by atoms with van der Waals surface area (Å²) in [6, 6.07) is 14.4. The summed E-state index contributed by atoms with van der Waals surface area (Å²) in [6.45, 7) is 0.778. The maximum absolute atomic E-state index is 13.2. The molecule has 0 N–H and O–H groups in total. The molecule has 1 aliphatic rings. The molecule has 5 rings (SSSR count). The van der Waals surface area contributed by atoms with Crippen LogP contribution in [0.25, 0.3) is 22.2 Å². The summed E-state index contributed by atoms with van der Waals surface area (Å²) in [5.74, 6) is -0.104. The zero-order valence-electron chi connectivity index (χ0n) is 17.2. The zero-order chi connectivity index (χ0) is 22.5. The number of pyridine rings is 1. The molecule has 0 aliphatic carbocycles. The number of rotatable bonds is 2. The Morgan fingerprint density at radius 3 is 2.72 bits per heavy atom. The molecule has 0 bridgehead atoms. The smallest absolute Gasteiger partial charge is 0.332 e. The molecule has 0 saturated carbocycles. The van der Waals surface area contributed by atoms with E-state index in [0.29, 0.717) is 42.0 Å². The Labute approximate surface area is 182 Å². The minimum atomic E-state index is -4.41. The van der Waals surface area contributed by atoms with E-state index in [1.807, 2.05) is 24.3 Å². The molecule has 3 heterocycles. The van der Waals surface area contributed by atoms with Crippen molar-refractivity contribution in [2.24, 2.45) is 7.05 Å². The van der Waals surface area contributed by atoms with Crippen molar-refractivity contribution >= 4 is 16.8 Å². The van der Waals surface area contributed by atoms with E-state index in [-0.39, 0.29) is 5.91 Å². The van der Waals surface area contributed by atoms with Gasteiger partial charge in [-0.2, -0.15) is 18.3 Å². The number of nitrogens with zero attached hydrogens (tertiary/aromatic N) is 4. The highest BCUT2D eigenvalue weighted by atomic mass is 19.4. The maximum atomic E-state index is 13.2. The number of carbonyl (C=O) groups is 1. The van der Waals surface area contributed by atoms with Crippen LogP contribution in [0.3, 0.4) is 0 Å². The van der Waals surface area contributed by atoms with Gasteiger partial charge in [-0.1, -0.05) is 18.2 Å². The van der Waals surface area contributed by atoms with Crippen molar-refractivity contribution in [1.29, 1.82) is 0 Å². The van der Waals surface area contributed by atoms with Crippen LogP contribution in [-0.4, -0.2) is 32.1 Å². The molecular weight excluding hydrogens is 417 g/mol. The van der Waals surface area contributed by atoms with E-state index < -0.39 is 11.7 Å². The van der Waals surface area contributed by atoms with Crippen LogP contribution in [0.5, 0.6) is 0 Å². The Morgan fingerprint density at radius 2 is 1.91 bits per heavy atom. The molecule has 0 unspecified atom stereocenters. The van der Waals surface area contributed by atoms with Gasteiger partial charge in [-0.25, -0.2) is 0 Å². The van der Waals surface area contributed by atoms with Crippen LogP contribution in [0.1, 0.15) is 27.2 Å². The highest BCUT2D eigenvalue weighted by Gasteiger charge is 2.32. The first-order valence-corrected chi connectivity index (χ1v) is 10.2. The van der Waals surface area contributed by atoms with Crippen molar-refractivity contribution in [1.82, 2.24) is 19.7 Å². The number of aryl methyl sites for hydroxylation is 1. The summed E-state index contributed by atoms with van der Waals surface area (Å²) in [7, 11) is 1.72. The lowest BCUT2D eigenvalue weighted by molar-refractivity contribution is -0.137. The van der Waals surface area contributed by atoms with Crippen LogP contribution in [0.2, 0.25) is 0 Å². The Hall–Kier alpha value is -3.68. The molecule has 0 saturated heterocycles. The molecule has 32 heavy (non-hydrogen) atoms. The third kappa shape index (κ3) is 3.51. The van der Waals surface area contributed by atoms with Gasteiger partial charge in [-0.05, 0) is 42.8 Å². The van der Waals surface area contributed by atoms with Crippen LogP contribution in [0, 0.1) is 0 Å². The molecule has 1 amide bonds. The number of aromatic nitrogens is 3. The minimum absolute atomic E-state index is 0.104. The lowest BCUT2D eigenvalue weighted by Gasteiger charge is -2.27. The Morgan fingerprint density at radius 1 is 1.06 bits per heavy atom. The van der Waals surface area contributed by atoms with Crippen molar-refractivity contribution in [3.63, 3.8) is 0 Å². The summed E-state index contributed by atoms with van der Waals surface area (Å²) < 4.78 is 41.1. The molecule has 0 spiro atoms. The number of halogens is 3. The lowest BCUT2D eigenvalue weighted by Crippen LogP contribution is -2.36. The van der Waals surface area contributed by atoms with E-state index >= 15 is 0 Å². The predicted molar refractivity (Wildman–Crippen MR) is 114 cm³/mol. The van der Waals surface area contributed by atoms with Crippen molar-refractivity contribution < 1.29 is 18.0 Å². The van der Waals surface area contributed by atoms with Crippen LogP contribution in [0.15, 0.2) is 60.8 Å². The van der Waals surface area contributed by atoms with E-state index in [1.165, 1.54) is 6.07 Å². The first kappa shape index (κ1) is 20.2. The molecule has 4 aromatic rings. The van der Waals surface area contributed by atoms with Gasteiger partial charge in [-0.15, -0.1) is 0 Å². The van der Waals surface area contributed by atoms with Crippen LogP contribution in [-0.2, 0) is 26.2 Å². The van der Waals surface area contributed by atoms with E-state index in [9.17, 15) is 18.0 Å². The topological polar surface area (TPSA) is 51.0 Å². The van der Waals surface area contributed by atoms with Gasteiger partial charge >= 0.3 is 6.18 Å². The second-order valence-electron chi connectivity index (χ2n) is 7.86. The number of hydrogen-bond donors (Lipinski definition) is 0. The summed E-state index contributed by atoms with van der Waals surface area (Å²) in [5, 5.41) is 5.42. The molecule has 5 nitrogen and oxygen atoms in total. The van der Waals surface area contributed by atoms with Crippen LogP contribution < -0.4 is 0 Å². The fourth-order valence-corrected chi connectivity index (χ4v) is 4.29. The van der Waals surface area contributed by atoms with Crippen molar-refractivity contribution in [2.75, 3.05) is 6.54 Å². The van der Waals surface area contributed by atoms with Crippen LogP contribution in [0.4, 0.5) is 13.2 Å². The fraction of sp³-hybridized carbons (Fsp3) is 0.208. The number of benzene rings is 2. The molecule has 162 valence electrons. The summed E-state index contributed by atoms with van der Waals surface area (Å²) in [4.78, 5) is 19.1. The van der Waals surface area contributed by atoms with E-state index in [0.717, 1.165) is 28.6 Å². The normalized spacial score (nSPS) is 13.9. The molecule has 2 aromatic carbocycles. The minimum Gasteiger partial charge on any atom is -0.332 e. The molecule has 0 fully saturated rings. The lowest BCUT2D eigenvalue weighted by atomic mass is 9.98. The van der Waals surface area contributed by atoms with E-state index in [2.05, 4.69) is 10.1 Å². The standard InChI is InChI=1S/C24H19F3N4O/c1-30-22(16-4-2-6-18(13-16)24(25,26)27)19-9-11-31(14-21(19)29-30)23(32)17-7-8-20-15(12-17)5-3-10-28-20/h2-8,10,12-13H,9,11,14H2,1H3. The third-order valence-corrected chi connectivity index (χ3v) is 5.80. The first-order chi connectivity index (χ1) is 15.3. The monoisotopic (exact) mass is 436 g/mol. The molecule has 0 radical (unpaired) electrons. The van der Waals surface area contributed by atoms with Gasteiger partial charge in [0.2, 0.25) is 0 Å². The largest absolute Gasteiger partial charge is 0.416 e. The fourth-order valence-electron chi connectivity index (χ4n) is 4.29. The highest BCUT2D eigenvalue weighted by molar-refractivity contribution is 5.98. The number of hydrogen-bond acceptors (Lipinski definition) is 3. The highest BCUT2D eigenvalue weighted by Crippen LogP contribution is 2.35. The average Bonchev–Trinajstić information content (AvgIpc) is 3.12. The van der Waals surface area contributed by atoms with Gasteiger partial charge in [0.25, 0.3) is 5.91 Å². The number of alkyl halides is 3. The van der Waals surface area contributed by atoms with Gasteiger partial charge in [-0.3, -0.25) is 14.5 Å². The SMILES string of the molecule is Cn1nc2c(c1-c1cccc(C(F)(F)F)c1)CCN(C(=O)c1ccc3ncccc3c1)C2. The van der Waals surface area contributed by atoms with Gasteiger partial charge in [0, 0.05) is 41.9 Å². The molecule has 2 aromatic heterocycles. The summed E-state index contributed by atoms with van der Waals surface area (Å²) in [5.41, 5.74) is 3.43. The average molecular weight is 436 g/mol. The maximum Gasteiger partial charge on any atom is 0.416 e. The molecule has 8 heteroatoms. The molecule has 1 aliphatic heterocycles. The van der Waals surface area contributed by atoms with Crippen molar-refractivity contribution in [3.8, 4) is 11.3 Å². The summed E-state index contributed by atoms with van der Waals surface area (Å²) in [6.07, 6.45) is -2.18. The summed E-state index contributed by atoms with van der Waals surface area (Å²) >= 11 is 0. The Bertz CT molecular complexity index is 1340. The molecule has 0 atom stereocenters.